The summed E-state index contributed by atoms with van der Waals surface area (Å²) in [6, 6.07) is 7.85. The first-order valence-corrected chi connectivity index (χ1v) is 7.37. The lowest BCUT2D eigenvalue weighted by Crippen LogP contribution is -2.18. The lowest BCUT2D eigenvalue weighted by atomic mass is 10.2. The molecule has 1 aromatic carbocycles. The van der Waals surface area contributed by atoms with Crippen molar-refractivity contribution in [1.82, 2.24) is 15.3 Å². The Kier molecular flexibility index (Phi) is 5.31. The monoisotopic (exact) mass is 318 g/mol. The van der Waals surface area contributed by atoms with Crippen molar-refractivity contribution < 1.29 is 9.59 Å². The van der Waals surface area contributed by atoms with Gasteiger partial charge in [-0.15, -0.1) is 0 Å². The molecule has 0 spiro atoms. The molecule has 1 heterocycles. The molecule has 1 aromatic heterocycles. The molecule has 0 aliphatic heterocycles. The summed E-state index contributed by atoms with van der Waals surface area (Å²) in [7, 11) is 1.55. The second-order valence-corrected chi connectivity index (χ2v) is 5.20. The number of hydrogen-bond donors (Lipinski definition) is 3. The first-order valence-electron chi connectivity index (χ1n) is 6.38. The van der Waals surface area contributed by atoms with Gasteiger partial charge in [0.1, 0.15) is 0 Å². The molecule has 8 heteroatoms. The minimum atomic E-state index is -0.261. The summed E-state index contributed by atoms with van der Waals surface area (Å²) >= 11 is 1.13. The van der Waals surface area contributed by atoms with Gasteiger partial charge >= 0.3 is 0 Å². The molecule has 0 aliphatic carbocycles. The Morgan fingerprint density at radius 3 is 2.59 bits per heavy atom. The van der Waals surface area contributed by atoms with Crippen molar-refractivity contribution in [3.8, 4) is 0 Å². The number of aromatic nitrogens is 2. The number of hydrogen-bond acceptors (Lipinski definition) is 5. The second-order valence-electron chi connectivity index (χ2n) is 4.23. The van der Waals surface area contributed by atoms with E-state index < -0.39 is 0 Å². The van der Waals surface area contributed by atoms with Crippen LogP contribution < -0.4 is 16.2 Å². The lowest BCUT2D eigenvalue weighted by Gasteiger charge is -2.06. The van der Waals surface area contributed by atoms with Crippen LogP contribution in [0.1, 0.15) is 10.4 Å². The summed E-state index contributed by atoms with van der Waals surface area (Å²) in [5.74, 6) is -0.304. The fraction of sp³-hybridized carbons (Fsp3) is 0.143. The summed E-state index contributed by atoms with van der Waals surface area (Å²) in [6.45, 7) is 0. The molecule has 0 atom stereocenters. The van der Waals surface area contributed by atoms with Crippen molar-refractivity contribution in [1.29, 1.82) is 0 Å². The van der Waals surface area contributed by atoms with E-state index in [0.29, 0.717) is 16.4 Å². The Labute approximate surface area is 130 Å². The molecule has 22 heavy (non-hydrogen) atoms. The van der Waals surface area contributed by atoms with Crippen LogP contribution in [0.25, 0.3) is 0 Å². The topological polar surface area (TPSA) is 104 Å². The number of carbonyl (C=O) groups is 2. The lowest BCUT2D eigenvalue weighted by molar-refractivity contribution is -0.113. The molecule has 2 aromatic rings. The first kappa shape index (κ1) is 15.8. The van der Waals surface area contributed by atoms with Crippen LogP contribution in [0.4, 0.5) is 5.69 Å². The van der Waals surface area contributed by atoms with Crippen molar-refractivity contribution in [2.45, 2.75) is 5.16 Å². The Morgan fingerprint density at radius 2 is 1.95 bits per heavy atom. The van der Waals surface area contributed by atoms with Crippen molar-refractivity contribution in [2.24, 2.45) is 0 Å². The zero-order chi connectivity index (χ0) is 15.9. The van der Waals surface area contributed by atoms with E-state index in [9.17, 15) is 14.4 Å². The molecule has 0 fully saturated rings. The predicted molar refractivity (Wildman–Crippen MR) is 84.0 cm³/mol. The first-order chi connectivity index (χ1) is 10.6. The molecule has 114 valence electrons. The number of anilines is 1. The Bertz CT molecular complexity index is 727. The second kappa shape index (κ2) is 7.41. The maximum Gasteiger partial charge on any atom is 0.251 e. The molecule has 0 unspecified atom stereocenters. The standard InChI is InChI=1S/C14H14N4O3S/c1-15-13(21)9-2-4-10(5-3-9)17-12(20)8-22-14-16-7-6-11(19)18-14/h2-7H,8H2,1H3,(H,15,21)(H,17,20)(H,16,18,19). The minimum Gasteiger partial charge on any atom is -0.355 e. The molecule has 2 amide bonds. The maximum absolute atomic E-state index is 11.8. The van der Waals surface area contributed by atoms with Gasteiger partial charge in [0.2, 0.25) is 5.91 Å². The zero-order valence-electron chi connectivity index (χ0n) is 11.8. The Morgan fingerprint density at radius 1 is 1.23 bits per heavy atom. The van der Waals surface area contributed by atoms with Crippen molar-refractivity contribution in [3.05, 3.63) is 52.4 Å². The highest BCUT2D eigenvalue weighted by molar-refractivity contribution is 7.99. The maximum atomic E-state index is 11.8. The third-order valence-electron chi connectivity index (χ3n) is 2.65. The number of nitrogens with zero attached hydrogens (tertiary/aromatic N) is 1. The Hall–Kier alpha value is -2.61. The van der Waals surface area contributed by atoms with Crippen molar-refractivity contribution in [3.63, 3.8) is 0 Å². The van der Waals surface area contributed by atoms with Crippen LogP contribution in [0.5, 0.6) is 0 Å². The minimum absolute atomic E-state index is 0.115. The van der Waals surface area contributed by atoms with Crippen molar-refractivity contribution in [2.75, 3.05) is 18.1 Å². The van der Waals surface area contributed by atoms with Crippen LogP contribution in [-0.4, -0.2) is 34.6 Å². The molecule has 7 nitrogen and oxygen atoms in total. The largest absolute Gasteiger partial charge is 0.355 e. The van der Waals surface area contributed by atoms with Crippen molar-refractivity contribution >= 4 is 29.3 Å². The quantitative estimate of drug-likeness (QED) is 0.560. The molecule has 0 radical (unpaired) electrons. The van der Waals surface area contributed by atoms with Gasteiger partial charge < -0.3 is 15.6 Å². The highest BCUT2D eigenvalue weighted by Crippen LogP contribution is 2.13. The molecular formula is C14H14N4O3S. The molecule has 0 aliphatic rings. The summed E-state index contributed by atoms with van der Waals surface area (Å²) in [5.41, 5.74) is 0.844. The van der Waals surface area contributed by atoms with E-state index >= 15 is 0 Å². The zero-order valence-corrected chi connectivity index (χ0v) is 12.6. The molecule has 3 N–H and O–H groups in total. The molecule has 0 saturated heterocycles. The van der Waals surface area contributed by atoms with Crippen LogP contribution in [0.2, 0.25) is 0 Å². The van der Waals surface area contributed by atoms with Gasteiger partial charge in [-0.25, -0.2) is 4.98 Å². The van der Waals surface area contributed by atoms with Gasteiger partial charge in [-0.05, 0) is 24.3 Å². The number of H-pyrrole nitrogens is 1. The van der Waals surface area contributed by atoms with E-state index in [1.807, 2.05) is 0 Å². The predicted octanol–water partition coefficient (Wildman–Crippen LogP) is 0.860. The van der Waals surface area contributed by atoms with E-state index in [1.54, 1.807) is 31.3 Å². The van der Waals surface area contributed by atoms with E-state index in [2.05, 4.69) is 20.6 Å². The number of carbonyl (C=O) groups excluding carboxylic acids is 2. The van der Waals surface area contributed by atoms with Gasteiger partial charge in [0.25, 0.3) is 11.5 Å². The molecule has 0 saturated carbocycles. The third-order valence-corrected chi connectivity index (χ3v) is 3.53. The SMILES string of the molecule is CNC(=O)c1ccc(NC(=O)CSc2nccc(=O)[nH]2)cc1. The van der Waals surface area contributed by atoms with Gasteiger partial charge in [-0.3, -0.25) is 14.4 Å². The van der Waals surface area contributed by atoms with E-state index in [0.717, 1.165) is 11.8 Å². The smallest absolute Gasteiger partial charge is 0.251 e. The summed E-state index contributed by atoms with van der Waals surface area (Å²) in [6.07, 6.45) is 1.39. The summed E-state index contributed by atoms with van der Waals surface area (Å²) in [5, 5.41) is 5.61. The number of aromatic amines is 1. The fourth-order valence-electron chi connectivity index (χ4n) is 1.61. The number of thioether (sulfide) groups is 1. The van der Waals surface area contributed by atoms with E-state index in [1.165, 1.54) is 12.3 Å². The molecule has 2 rings (SSSR count). The molecule has 0 bridgehead atoms. The average molecular weight is 318 g/mol. The van der Waals surface area contributed by atoms with E-state index in [4.69, 9.17) is 0 Å². The number of rotatable bonds is 5. The fourth-order valence-corrected chi connectivity index (χ4v) is 2.25. The van der Waals surface area contributed by atoms with Crippen LogP contribution >= 0.6 is 11.8 Å². The summed E-state index contributed by atoms with van der Waals surface area (Å²) < 4.78 is 0. The summed E-state index contributed by atoms with van der Waals surface area (Å²) in [4.78, 5) is 40.8. The van der Waals surface area contributed by atoms with E-state index in [-0.39, 0.29) is 23.1 Å². The normalized spacial score (nSPS) is 10.0. The number of benzene rings is 1. The van der Waals surface area contributed by atoms with Gasteiger partial charge in [0.05, 0.1) is 5.75 Å². The van der Waals surface area contributed by atoms with Crippen LogP contribution in [-0.2, 0) is 4.79 Å². The van der Waals surface area contributed by atoms with Gasteiger partial charge in [-0.1, -0.05) is 11.8 Å². The van der Waals surface area contributed by atoms with Crippen LogP contribution in [0.3, 0.4) is 0 Å². The third kappa shape index (κ3) is 4.45. The highest BCUT2D eigenvalue weighted by atomic mass is 32.2. The highest BCUT2D eigenvalue weighted by Gasteiger charge is 2.06. The van der Waals surface area contributed by atoms with Gasteiger partial charge in [0, 0.05) is 30.6 Å². The van der Waals surface area contributed by atoms with Crippen LogP contribution in [0.15, 0.2) is 46.5 Å². The molecular weight excluding hydrogens is 304 g/mol. The Balaban J connectivity index is 1.89. The van der Waals surface area contributed by atoms with Gasteiger partial charge in [0.15, 0.2) is 5.16 Å². The van der Waals surface area contributed by atoms with Crippen LogP contribution in [0, 0.1) is 0 Å². The van der Waals surface area contributed by atoms with Gasteiger partial charge in [-0.2, -0.15) is 0 Å². The number of nitrogens with one attached hydrogen (secondary N) is 3. The number of amides is 2. The average Bonchev–Trinajstić information content (AvgIpc) is 2.53.